The highest BCUT2D eigenvalue weighted by Crippen LogP contribution is 2.29. The number of rotatable bonds is 7. The number of nitrogens with one attached hydrogen (secondary N) is 1. The van der Waals surface area contributed by atoms with Gasteiger partial charge in [0.25, 0.3) is 0 Å². The Kier molecular flexibility index (Phi) is 5.73. The van der Waals surface area contributed by atoms with Crippen LogP contribution in [0.1, 0.15) is 38.3 Å². The van der Waals surface area contributed by atoms with E-state index in [0.717, 1.165) is 24.2 Å². The zero-order valence-electron chi connectivity index (χ0n) is 10.7. The molecule has 0 radical (unpaired) electrons. The number of hydrazine groups is 1. The highest BCUT2D eigenvalue weighted by Gasteiger charge is 2.15. The summed E-state index contributed by atoms with van der Waals surface area (Å²) in [7, 11) is 0. The van der Waals surface area contributed by atoms with Crippen LogP contribution in [0.25, 0.3) is 0 Å². The predicted molar refractivity (Wildman–Crippen MR) is 71.7 cm³/mol. The Hall–Kier alpha value is -1.32. The van der Waals surface area contributed by atoms with E-state index in [1.54, 1.807) is 0 Å². The zero-order chi connectivity index (χ0) is 12.7. The van der Waals surface area contributed by atoms with Gasteiger partial charge >= 0.3 is 0 Å². The summed E-state index contributed by atoms with van der Waals surface area (Å²) in [5, 5.41) is 0. The van der Waals surface area contributed by atoms with Crippen molar-refractivity contribution in [3.05, 3.63) is 42.0 Å². The SMILES string of the molecule is C=C(CC)CC(NN)c1ccccc1OCC. The largest absolute Gasteiger partial charge is 0.494 e. The third-order valence-electron chi connectivity index (χ3n) is 2.79. The highest BCUT2D eigenvalue weighted by atomic mass is 16.5. The lowest BCUT2D eigenvalue weighted by atomic mass is 9.98. The number of benzene rings is 1. The molecule has 1 atom stereocenters. The molecule has 0 saturated carbocycles. The number of ether oxygens (including phenoxy) is 1. The Bertz CT molecular complexity index is 363. The number of hydrogen-bond acceptors (Lipinski definition) is 3. The van der Waals surface area contributed by atoms with E-state index in [4.69, 9.17) is 10.6 Å². The molecule has 0 heterocycles. The maximum absolute atomic E-state index is 5.63. The van der Waals surface area contributed by atoms with E-state index >= 15 is 0 Å². The molecule has 3 heteroatoms. The Balaban J connectivity index is 2.90. The average molecular weight is 234 g/mol. The smallest absolute Gasteiger partial charge is 0.124 e. The minimum Gasteiger partial charge on any atom is -0.494 e. The van der Waals surface area contributed by atoms with Gasteiger partial charge in [0.15, 0.2) is 0 Å². The number of nitrogens with two attached hydrogens (primary N) is 1. The van der Waals surface area contributed by atoms with Crippen LogP contribution in [0.5, 0.6) is 5.75 Å². The molecule has 94 valence electrons. The lowest BCUT2D eigenvalue weighted by Gasteiger charge is -2.20. The molecule has 0 saturated heterocycles. The summed E-state index contributed by atoms with van der Waals surface area (Å²) in [5.41, 5.74) is 5.11. The van der Waals surface area contributed by atoms with Crippen LogP contribution in [-0.2, 0) is 0 Å². The lowest BCUT2D eigenvalue weighted by molar-refractivity contribution is 0.331. The second kappa shape index (κ2) is 7.09. The summed E-state index contributed by atoms with van der Waals surface area (Å²) >= 11 is 0. The quantitative estimate of drug-likeness (QED) is 0.433. The maximum atomic E-state index is 5.63. The summed E-state index contributed by atoms with van der Waals surface area (Å²) in [6.45, 7) is 8.76. The molecule has 1 unspecified atom stereocenters. The molecule has 1 aromatic carbocycles. The van der Waals surface area contributed by atoms with Crippen LogP contribution in [0.3, 0.4) is 0 Å². The molecule has 0 aliphatic heterocycles. The van der Waals surface area contributed by atoms with E-state index in [1.807, 2.05) is 31.2 Å². The first-order valence-corrected chi connectivity index (χ1v) is 6.07. The van der Waals surface area contributed by atoms with Gasteiger partial charge in [-0.25, -0.2) is 0 Å². The van der Waals surface area contributed by atoms with Crippen LogP contribution in [-0.4, -0.2) is 6.61 Å². The maximum Gasteiger partial charge on any atom is 0.124 e. The molecule has 3 N–H and O–H groups in total. The molecule has 1 rings (SSSR count). The molecule has 0 aliphatic carbocycles. The third-order valence-corrected chi connectivity index (χ3v) is 2.79. The van der Waals surface area contributed by atoms with Crippen molar-refractivity contribution in [1.82, 2.24) is 5.43 Å². The standard InChI is InChI=1S/C14H22N2O/c1-4-11(3)10-13(16-15)12-8-6-7-9-14(12)17-5-2/h6-9,13,16H,3-5,10,15H2,1-2H3. The van der Waals surface area contributed by atoms with Gasteiger partial charge in [-0.3, -0.25) is 11.3 Å². The van der Waals surface area contributed by atoms with Gasteiger partial charge in [0, 0.05) is 5.56 Å². The van der Waals surface area contributed by atoms with Crippen molar-refractivity contribution in [2.45, 2.75) is 32.7 Å². The van der Waals surface area contributed by atoms with E-state index < -0.39 is 0 Å². The monoisotopic (exact) mass is 234 g/mol. The predicted octanol–water partition coefficient (Wildman–Crippen LogP) is 2.95. The van der Waals surface area contributed by atoms with Gasteiger partial charge < -0.3 is 4.74 Å². The van der Waals surface area contributed by atoms with Crippen LogP contribution in [0.15, 0.2) is 36.4 Å². The molecule has 0 bridgehead atoms. The third kappa shape index (κ3) is 3.88. The molecule has 0 aliphatic rings. The number of hydrogen-bond donors (Lipinski definition) is 2. The summed E-state index contributed by atoms with van der Waals surface area (Å²) in [6.07, 6.45) is 1.80. The molecule has 17 heavy (non-hydrogen) atoms. The molecule has 3 nitrogen and oxygen atoms in total. The summed E-state index contributed by atoms with van der Waals surface area (Å²) in [6, 6.07) is 8.04. The fraction of sp³-hybridized carbons (Fsp3) is 0.429. The topological polar surface area (TPSA) is 47.3 Å². The molecule has 0 aromatic heterocycles. The number of para-hydroxylation sites is 1. The highest BCUT2D eigenvalue weighted by molar-refractivity contribution is 5.36. The Morgan fingerprint density at radius 2 is 2.12 bits per heavy atom. The lowest BCUT2D eigenvalue weighted by Crippen LogP contribution is -2.28. The summed E-state index contributed by atoms with van der Waals surface area (Å²) < 4.78 is 5.61. The second-order valence-corrected chi connectivity index (χ2v) is 4.00. The van der Waals surface area contributed by atoms with Crippen LogP contribution in [0.2, 0.25) is 0 Å². The Morgan fingerprint density at radius 1 is 1.41 bits per heavy atom. The fourth-order valence-electron chi connectivity index (χ4n) is 1.75. The first-order chi connectivity index (χ1) is 8.22. The molecule has 0 fully saturated rings. The van der Waals surface area contributed by atoms with Gasteiger partial charge in [-0.05, 0) is 25.8 Å². The second-order valence-electron chi connectivity index (χ2n) is 4.00. The van der Waals surface area contributed by atoms with E-state index in [2.05, 4.69) is 18.9 Å². The average Bonchev–Trinajstić information content (AvgIpc) is 2.37. The van der Waals surface area contributed by atoms with Crippen molar-refractivity contribution in [1.29, 1.82) is 0 Å². The van der Waals surface area contributed by atoms with E-state index in [-0.39, 0.29) is 6.04 Å². The van der Waals surface area contributed by atoms with Gasteiger partial charge in [0.1, 0.15) is 5.75 Å². The van der Waals surface area contributed by atoms with Crippen molar-refractivity contribution in [2.75, 3.05) is 6.61 Å². The van der Waals surface area contributed by atoms with Crippen molar-refractivity contribution >= 4 is 0 Å². The molecular formula is C14H22N2O. The van der Waals surface area contributed by atoms with E-state index in [1.165, 1.54) is 5.57 Å². The van der Waals surface area contributed by atoms with Crippen LogP contribution >= 0.6 is 0 Å². The zero-order valence-corrected chi connectivity index (χ0v) is 10.7. The molecular weight excluding hydrogens is 212 g/mol. The minimum atomic E-state index is 0.0604. The van der Waals surface area contributed by atoms with Crippen LogP contribution < -0.4 is 16.0 Å². The van der Waals surface area contributed by atoms with E-state index in [9.17, 15) is 0 Å². The first-order valence-electron chi connectivity index (χ1n) is 6.07. The van der Waals surface area contributed by atoms with Gasteiger partial charge in [-0.15, -0.1) is 0 Å². The summed E-state index contributed by atoms with van der Waals surface area (Å²) in [4.78, 5) is 0. The van der Waals surface area contributed by atoms with E-state index in [0.29, 0.717) is 6.61 Å². The van der Waals surface area contributed by atoms with Gasteiger partial charge in [-0.1, -0.05) is 37.3 Å². The molecule has 1 aromatic rings. The normalized spacial score (nSPS) is 12.2. The van der Waals surface area contributed by atoms with Crippen molar-refractivity contribution in [3.63, 3.8) is 0 Å². The Morgan fingerprint density at radius 3 is 2.71 bits per heavy atom. The molecule has 0 spiro atoms. The first kappa shape index (κ1) is 13.7. The van der Waals surface area contributed by atoms with Crippen molar-refractivity contribution in [2.24, 2.45) is 5.84 Å². The molecule has 0 amide bonds. The van der Waals surface area contributed by atoms with Crippen molar-refractivity contribution < 1.29 is 4.74 Å². The van der Waals surface area contributed by atoms with Crippen LogP contribution in [0, 0.1) is 0 Å². The Labute approximate surface area is 104 Å². The van der Waals surface area contributed by atoms with Crippen molar-refractivity contribution in [3.8, 4) is 5.75 Å². The van der Waals surface area contributed by atoms with Crippen LogP contribution in [0.4, 0.5) is 0 Å². The minimum absolute atomic E-state index is 0.0604. The fourth-order valence-corrected chi connectivity index (χ4v) is 1.75. The van der Waals surface area contributed by atoms with Gasteiger partial charge in [-0.2, -0.15) is 0 Å². The van der Waals surface area contributed by atoms with Gasteiger partial charge in [0.2, 0.25) is 0 Å². The summed E-state index contributed by atoms with van der Waals surface area (Å²) in [5.74, 6) is 6.52. The van der Waals surface area contributed by atoms with Gasteiger partial charge in [0.05, 0.1) is 12.6 Å².